The van der Waals surface area contributed by atoms with Crippen LogP contribution < -0.4 is 20.7 Å². The summed E-state index contributed by atoms with van der Waals surface area (Å²) in [5.41, 5.74) is 0.830. The second kappa shape index (κ2) is 9.97. The highest BCUT2D eigenvalue weighted by Crippen LogP contribution is 2.28. The molecule has 0 radical (unpaired) electrons. The van der Waals surface area contributed by atoms with Crippen molar-refractivity contribution in [2.45, 2.75) is 18.2 Å². The molecule has 1 aromatic heterocycles. The quantitative estimate of drug-likeness (QED) is 0.590. The van der Waals surface area contributed by atoms with Crippen LogP contribution in [0.5, 0.6) is 5.75 Å². The van der Waals surface area contributed by atoms with Crippen molar-refractivity contribution in [3.8, 4) is 5.75 Å². The molecule has 0 fully saturated rings. The number of imide groups is 1. The van der Waals surface area contributed by atoms with Crippen LogP contribution in [-0.4, -0.2) is 41.5 Å². The summed E-state index contributed by atoms with van der Waals surface area (Å²) in [7, 11) is 1.60. The van der Waals surface area contributed by atoms with E-state index in [4.69, 9.17) is 4.74 Å². The summed E-state index contributed by atoms with van der Waals surface area (Å²) in [6, 6.07) is 6.97. The number of ether oxygens (including phenoxy) is 1. The minimum Gasteiger partial charge on any atom is -0.497 e. The third kappa shape index (κ3) is 6.89. The van der Waals surface area contributed by atoms with Gasteiger partial charge in [-0.25, -0.2) is 4.79 Å². The Morgan fingerprint density at radius 1 is 1.31 bits per heavy atom. The maximum absolute atomic E-state index is 11.8. The van der Waals surface area contributed by atoms with Crippen LogP contribution in [0.3, 0.4) is 0 Å². The number of rotatable bonds is 8. The van der Waals surface area contributed by atoms with Gasteiger partial charge < -0.3 is 15.4 Å². The summed E-state index contributed by atoms with van der Waals surface area (Å²) in [5, 5.41) is 16.7. The fraction of sp³-hybridized carbons (Fsp3) is 0.375. The monoisotopic (exact) mass is 395 g/mol. The van der Waals surface area contributed by atoms with E-state index in [0.29, 0.717) is 21.9 Å². The summed E-state index contributed by atoms with van der Waals surface area (Å²) >= 11 is 2.55. The van der Waals surface area contributed by atoms with Crippen molar-refractivity contribution in [2.75, 3.05) is 24.7 Å². The number of aromatic nitrogens is 2. The van der Waals surface area contributed by atoms with Crippen molar-refractivity contribution in [1.82, 2.24) is 20.8 Å². The van der Waals surface area contributed by atoms with Gasteiger partial charge in [0.2, 0.25) is 11.0 Å². The molecule has 0 unspecified atom stereocenters. The number of hydrogen-bond acceptors (Lipinski definition) is 8. The molecule has 3 amide bonds. The number of urea groups is 1. The lowest BCUT2D eigenvalue weighted by molar-refractivity contribution is -0.117. The first-order valence-corrected chi connectivity index (χ1v) is 9.71. The van der Waals surface area contributed by atoms with Crippen LogP contribution in [-0.2, 0) is 4.79 Å². The molecule has 0 aliphatic rings. The van der Waals surface area contributed by atoms with Gasteiger partial charge in [-0.1, -0.05) is 43.0 Å². The van der Waals surface area contributed by atoms with Crippen LogP contribution in [0.1, 0.15) is 13.8 Å². The number of nitrogens with one attached hydrogen (secondary N) is 3. The number of methoxy groups -OCH3 is 1. The Kier molecular flexibility index (Phi) is 7.67. The van der Waals surface area contributed by atoms with Gasteiger partial charge in [0.05, 0.1) is 12.9 Å². The topological polar surface area (TPSA) is 105 Å². The Bertz CT molecular complexity index is 751. The number of benzene rings is 1. The molecule has 2 rings (SSSR count). The van der Waals surface area contributed by atoms with Gasteiger partial charge in [-0.2, -0.15) is 0 Å². The van der Waals surface area contributed by atoms with Crippen LogP contribution >= 0.6 is 23.1 Å². The molecular weight excluding hydrogens is 374 g/mol. The van der Waals surface area contributed by atoms with E-state index in [1.165, 1.54) is 23.1 Å². The number of carbonyl (C=O) groups is 2. The van der Waals surface area contributed by atoms with Gasteiger partial charge in [-0.3, -0.25) is 10.1 Å². The lowest BCUT2D eigenvalue weighted by Gasteiger charge is -2.07. The predicted octanol–water partition coefficient (Wildman–Crippen LogP) is 2.86. The van der Waals surface area contributed by atoms with Crippen LogP contribution in [0, 0.1) is 5.92 Å². The summed E-state index contributed by atoms with van der Waals surface area (Å²) < 4.78 is 5.80. The Labute approximate surface area is 160 Å². The number of hydrogen-bond donors (Lipinski definition) is 3. The molecule has 1 aromatic carbocycles. The van der Waals surface area contributed by atoms with Gasteiger partial charge in [0.1, 0.15) is 5.75 Å². The van der Waals surface area contributed by atoms with Crippen LogP contribution in [0.25, 0.3) is 0 Å². The average Bonchev–Trinajstić information content (AvgIpc) is 3.05. The Balaban J connectivity index is 1.79. The average molecular weight is 396 g/mol. The van der Waals surface area contributed by atoms with E-state index in [2.05, 4.69) is 26.1 Å². The minimum atomic E-state index is -0.484. The fourth-order valence-corrected chi connectivity index (χ4v) is 3.35. The number of anilines is 2. The summed E-state index contributed by atoms with van der Waals surface area (Å²) in [6.45, 7) is 4.47. The smallest absolute Gasteiger partial charge is 0.321 e. The Morgan fingerprint density at radius 2 is 2.12 bits per heavy atom. The van der Waals surface area contributed by atoms with Crippen LogP contribution in [0.15, 0.2) is 28.6 Å². The molecule has 0 spiro atoms. The molecule has 26 heavy (non-hydrogen) atoms. The largest absolute Gasteiger partial charge is 0.497 e. The molecule has 8 nitrogen and oxygen atoms in total. The molecule has 2 aromatic rings. The molecule has 3 N–H and O–H groups in total. The minimum absolute atomic E-state index is 0.0862. The number of thioether (sulfide) groups is 1. The molecule has 0 bridgehead atoms. The van der Waals surface area contributed by atoms with E-state index in [1.807, 2.05) is 38.1 Å². The van der Waals surface area contributed by atoms with Crippen LogP contribution in [0.4, 0.5) is 15.6 Å². The van der Waals surface area contributed by atoms with Crippen molar-refractivity contribution in [3.05, 3.63) is 24.3 Å². The standard InChI is InChI=1S/C16H21N5O3S2/c1-10(2)8-17-14(23)19-13(22)9-25-16-21-20-15(26-16)18-11-5-4-6-12(7-11)24-3/h4-7,10H,8-9H2,1-3H3,(H,18,20)(H2,17,19,22,23). The van der Waals surface area contributed by atoms with Crippen molar-refractivity contribution in [2.24, 2.45) is 5.92 Å². The highest BCUT2D eigenvalue weighted by atomic mass is 32.2. The van der Waals surface area contributed by atoms with Crippen LogP contribution in [0.2, 0.25) is 0 Å². The SMILES string of the molecule is COc1cccc(Nc2nnc(SCC(=O)NC(=O)NCC(C)C)s2)c1. The van der Waals surface area contributed by atoms with E-state index in [-0.39, 0.29) is 11.7 Å². The number of nitrogens with zero attached hydrogens (tertiary/aromatic N) is 2. The van der Waals surface area contributed by atoms with E-state index in [1.54, 1.807) is 7.11 Å². The molecular formula is C16H21N5O3S2. The lowest BCUT2D eigenvalue weighted by Crippen LogP contribution is -2.41. The highest BCUT2D eigenvalue weighted by Gasteiger charge is 2.11. The maximum Gasteiger partial charge on any atom is 0.321 e. The van der Waals surface area contributed by atoms with E-state index >= 15 is 0 Å². The first-order chi connectivity index (χ1) is 12.5. The normalized spacial score (nSPS) is 10.5. The molecule has 0 atom stereocenters. The highest BCUT2D eigenvalue weighted by molar-refractivity contribution is 8.01. The van der Waals surface area contributed by atoms with Crippen molar-refractivity contribution < 1.29 is 14.3 Å². The predicted molar refractivity (Wildman–Crippen MR) is 103 cm³/mol. The second-order valence-corrected chi connectivity index (χ2v) is 7.87. The first-order valence-electron chi connectivity index (χ1n) is 7.91. The summed E-state index contributed by atoms with van der Waals surface area (Å²) in [5.74, 6) is 0.764. The molecule has 0 saturated heterocycles. The van der Waals surface area contributed by atoms with Crippen molar-refractivity contribution in [1.29, 1.82) is 0 Å². The summed E-state index contributed by atoms with van der Waals surface area (Å²) in [4.78, 5) is 23.3. The van der Waals surface area contributed by atoms with Crippen molar-refractivity contribution in [3.63, 3.8) is 0 Å². The Hall–Kier alpha value is -2.33. The molecule has 140 valence electrons. The first kappa shape index (κ1) is 20.0. The molecule has 1 heterocycles. The molecule has 0 aliphatic carbocycles. The number of carbonyl (C=O) groups excluding carboxylic acids is 2. The molecule has 0 saturated carbocycles. The lowest BCUT2D eigenvalue weighted by atomic mass is 10.2. The third-order valence-electron chi connectivity index (χ3n) is 2.98. The van der Waals surface area contributed by atoms with Gasteiger partial charge in [-0.15, -0.1) is 10.2 Å². The van der Waals surface area contributed by atoms with E-state index in [0.717, 1.165) is 11.4 Å². The van der Waals surface area contributed by atoms with Gasteiger partial charge in [0.15, 0.2) is 4.34 Å². The molecule has 0 aliphatic heterocycles. The van der Waals surface area contributed by atoms with Gasteiger partial charge >= 0.3 is 6.03 Å². The van der Waals surface area contributed by atoms with Crippen molar-refractivity contribution >= 4 is 45.9 Å². The van der Waals surface area contributed by atoms with Gasteiger partial charge in [-0.05, 0) is 18.1 Å². The zero-order chi connectivity index (χ0) is 18.9. The number of amides is 3. The zero-order valence-corrected chi connectivity index (χ0v) is 16.4. The third-order valence-corrected chi connectivity index (χ3v) is 4.95. The van der Waals surface area contributed by atoms with Gasteiger partial charge in [0.25, 0.3) is 0 Å². The Morgan fingerprint density at radius 3 is 2.85 bits per heavy atom. The summed E-state index contributed by atoms with van der Waals surface area (Å²) in [6.07, 6.45) is 0. The van der Waals surface area contributed by atoms with Gasteiger partial charge in [0, 0.05) is 18.3 Å². The van der Waals surface area contributed by atoms with E-state index < -0.39 is 6.03 Å². The fourth-order valence-electron chi connectivity index (χ4n) is 1.77. The van der Waals surface area contributed by atoms with E-state index in [9.17, 15) is 9.59 Å². The zero-order valence-electron chi connectivity index (χ0n) is 14.7. The second-order valence-electron chi connectivity index (χ2n) is 5.67. The maximum atomic E-state index is 11.8. The molecule has 10 heteroatoms.